The number of carboxylic acids is 1. The number of carbonyl (C=O) groups is 2. The highest BCUT2D eigenvalue weighted by Gasteiger charge is 2.37. The van der Waals surface area contributed by atoms with Gasteiger partial charge in [-0.2, -0.15) is 0 Å². The van der Waals surface area contributed by atoms with Crippen molar-refractivity contribution < 1.29 is 32.6 Å². The van der Waals surface area contributed by atoms with Crippen molar-refractivity contribution in [3.63, 3.8) is 0 Å². The van der Waals surface area contributed by atoms with Gasteiger partial charge in [-0.1, -0.05) is 35.1 Å². The molecule has 2 atom stereocenters. The Kier molecular flexibility index (Phi) is 6.82. The zero-order chi connectivity index (χ0) is 22.9. The van der Waals surface area contributed by atoms with Crippen LogP contribution in [0.25, 0.3) is 0 Å². The molecule has 2 aromatic rings. The van der Waals surface area contributed by atoms with Crippen LogP contribution in [0.4, 0.5) is 5.13 Å². The molecule has 2 heterocycles. The minimum Gasteiger partial charge on any atom is -0.481 e. The number of benzene rings is 1. The molecular formula is C20H21ClN2O7S2. The first-order valence-corrected chi connectivity index (χ1v) is 12.7. The molecule has 1 aliphatic carbocycles. The number of carboxylic acid groups (broad SMARTS) is 1. The van der Waals surface area contributed by atoms with Gasteiger partial charge in [-0.05, 0) is 37.0 Å². The molecule has 2 fully saturated rings. The van der Waals surface area contributed by atoms with Gasteiger partial charge >= 0.3 is 5.97 Å². The van der Waals surface area contributed by atoms with E-state index >= 15 is 0 Å². The van der Waals surface area contributed by atoms with E-state index < -0.39 is 27.8 Å². The van der Waals surface area contributed by atoms with E-state index in [1.165, 1.54) is 12.1 Å². The summed E-state index contributed by atoms with van der Waals surface area (Å²) in [5, 5.41) is 11.4. The average Bonchev–Trinajstić information content (AvgIpc) is 3.39. The van der Waals surface area contributed by atoms with Gasteiger partial charge in [0.15, 0.2) is 21.1 Å². The number of anilines is 1. The number of amides is 1. The Morgan fingerprint density at radius 1 is 1.28 bits per heavy atom. The van der Waals surface area contributed by atoms with Crippen molar-refractivity contribution in [2.75, 3.05) is 18.5 Å². The molecule has 0 bridgehead atoms. The van der Waals surface area contributed by atoms with E-state index in [4.69, 9.17) is 26.2 Å². The molecular weight excluding hydrogens is 480 g/mol. The molecule has 1 aliphatic heterocycles. The number of ether oxygens (including phenoxy) is 2. The van der Waals surface area contributed by atoms with Crippen LogP contribution < -0.4 is 5.32 Å². The summed E-state index contributed by atoms with van der Waals surface area (Å²) < 4.78 is 36.4. The number of hydrogen-bond donors (Lipinski definition) is 2. The molecule has 1 unspecified atom stereocenters. The van der Waals surface area contributed by atoms with E-state index in [1.54, 1.807) is 12.1 Å². The molecule has 1 saturated carbocycles. The summed E-state index contributed by atoms with van der Waals surface area (Å²) in [4.78, 5) is 28.3. The lowest BCUT2D eigenvalue weighted by molar-refractivity contribution is -0.136. The van der Waals surface area contributed by atoms with Crippen LogP contribution in [0.1, 0.15) is 36.6 Å². The number of hydrogen-bond acceptors (Lipinski definition) is 8. The van der Waals surface area contributed by atoms with Crippen LogP contribution in [0, 0.1) is 0 Å². The molecule has 1 saturated heterocycles. The van der Waals surface area contributed by atoms with Gasteiger partial charge in [-0.15, -0.1) is 0 Å². The number of nitrogens with one attached hydrogen (secondary N) is 1. The van der Waals surface area contributed by atoms with Gasteiger partial charge in [-0.25, -0.2) is 13.4 Å². The van der Waals surface area contributed by atoms with Crippen LogP contribution in [-0.4, -0.2) is 55.0 Å². The Morgan fingerprint density at radius 2 is 2.00 bits per heavy atom. The van der Waals surface area contributed by atoms with Crippen molar-refractivity contribution in [1.82, 2.24) is 4.98 Å². The van der Waals surface area contributed by atoms with Gasteiger partial charge in [0, 0.05) is 6.61 Å². The number of sulfone groups is 1. The second kappa shape index (κ2) is 9.44. The Morgan fingerprint density at radius 3 is 2.59 bits per heavy atom. The van der Waals surface area contributed by atoms with Crippen molar-refractivity contribution in [3.05, 3.63) is 39.9 Å². The number of aromatic nitrogens is 1. The third-order valence-electron chi connectivity index (χ3n) is 5.13. The summed E-state index contributed by atoms with van der Waals surface area (Å²) in [6.45, 7) is 0.877. The van der Waals surface area contributed by atoms with E-state index in [2.05, 4.69) is 10.3 Å². The predicted molar refractivity (Wildman–Crippen MR) is 117 cm³/mol. The molecule has 32 heavy (non-hydrogen) atoms. The fourth-order valence-electron chi connectivity index (χ4n) is 3.32. The van der Waals surface area contributed by atoms with Crippen molar-refractivity contribution in [2.24, 2.45) is 0 Å². The maximum absolute atomic E-state index is 13.1. The van der Waals surface area contributed by atoms with Crippen molar-refractivity contribution in [1.29, 1.82) is 0 Å². The van der Waals surface area contributed by atoms with Crippen LogP contribution in [-0.2, 0) is 35.3 Å². The fourth-order valence-corrected chi connectivity index (χ4v) is 6.02. The van der Waals surface area contributed by atoms with Gasteiger partial charge in [0.25, 0.3) is 5.91 Å². The van der Waals surface area contributed by atoms with E-state index in [1.807, 2.05) is 0 Å². The second-order valence-corrected chi connectivity index (χ2v) is 11.4. The van der Waals surface area contributed by atoms with E-state index in [9.17, 15) is 18.0 Å². The first-order valence-electron chi connectivity index (χ1n) is 9.99. The average molecular weight is 501 g/mol. The number of aliphatic carboxylic acids is 1. The Hall–Kier alpha value is -2.05. The number of rotatable bonds is 9. The SMILES string of the molecule is O=C(O)Cc1nc(NC(=O)C(O[C@H]2CCOC2)c2ccc(S(=O)(=O)C3CC3)cc2)sc1Cl. The normalized spacial score (nSPS) is 19.6. The lowest BCUT2D eigenvalue weighted by atomic mass is 10.1. The fraction of sp³-hybridized carbons (Fsp3) is 0.450. The number of carbonyl (C=O) groups excluding carboxylic acids is 1. The molecule has 2 N–H and O–H groups in total. The molecule has 172 valence electrons. The van der Waals surface area contributed by atoms with E-state index in [0.29, 0.717) is 38.0 Å². The molecule has 1 amide bonds. The van der Waals surface area contributed by atoms with Crippen molar-refractivity contribution in [3.8, 4) is 0 Å². The molecule has 1 aromatic carbocycles. The Labute approximate surface area is 193 Å². The first kappa shape index (κ1) is 23.1. The van der Waals surface area contributed by atoms with Crippen LogP contribution >= 0.6 is 22.9 Å². The second-order valence-electron chi connectivity index (χ2n) is 7.61. The minimum atomic E-state index is -3.34. The van der Waals surface area contributed by atoms with Crippen molar-refractivity contribution in [2.45, 2.75) is 48.0 Å². The Bertz CT molecular complexity index is 1110. The molecule has 9 nitrogen and oxygen atoms in total. The van der Waals surface area contributed by atoms with Crippen LogP contribution in [0.2, 0.25) is 4.34 Å². The quantitative estimate of drug-likeness (QED) is 0.537. The van der Waals surface area contributed by atoms with Gasteiger partial charge in [0.1, 0.15) is 4.34 Å². The maximum atomic E-state index is 13.1. The molecule has 4 rings (SSSR count). The standard InChI is InChI=1S/C20H21ClN2O7S2/c21-18-15(9-16(24)25)22-20(31-18)23-19(26)17(30-12-7-8-29-10-12)11-1-3-13(4-2-11)32(27,28)14-5-6-14/h1-4,12,14,17H,5-10H2,(H,24,25)(H,22,23,26)/t12-,17?/m0/s1. The molecule has 1 aromatic heterocycles. The summed E-state index contributed by atoms with van der Waals surface area (Å²) in [6.07, 6.45) is 0.277. The third kappa shape index (κ3) is 5.29. The number of nitrogens with zero attached hydrogens (tertiary/aromatic N) is 1. The number of halogens is 1. The molecule has 0 spiro atoms. The van der Waals surface area contributed by atoms with Crippen LogP contribution in [0.15, 0.2) is 29.2 Å². The minimum absolute atomic E-state index is 0.153. The Balaban J connectivity index is 1.54. The molecule has 12 heteroatoms. The molecule has 0 radical (unpaired) electrons. The smallest absolute Gasteiger partial charge is 0.309 e. The van der Waals surface area contributed by atoms with E-state index in [0.717, 1.165) is 11.3 Å². The summed E-state index contributed by atoms with van der Waals surface area (Å²) in [7, 11) is -3.34. The van der Waals surface area contributed by atoms with Crippen LogP contribution in [0.5, 0.6) is 0 Å². The highest BCUT2D eigenvalue weighted by molar-refractivity contribution is 7.92. The third-order valence-corrected chi connectivity index (χ3v) is 8.66. The zero-order valence-electron chi connectivity index (χ0n) is 16.8. The van der Waals surface area contributed by atoms with Gasteiger partial charge in [0.2, 0.25) is 0 Å². The maximum Gasteiger partial charge on any atom is 0.309 e. The first-order chi connectivity index (χ1) is 15.2. The van der Waals surface area contributed by atoms with Gasteiger partial charge < -0.3 is 14.6 Å². The summed E-state index contributed by atoms with van der Waals surface area (Å²) in [5.41, 5.74) is 0.647. The molecule has 2 aliphatic rings. The topological polar surface area (TPSA) is 132 Å². The summed E-state index contributed by atoms with van der Waals surface area (Å²) >= 11 is 6.99. The lowest BCUT2D eigenvalue weighted by Gasteiger charge is -2.21. The van der Waals surface area contributed by atoms with Crippen molar-refractivity contribution >= 4 is 49.8 Å². The monoisotopic (exact) mass is 500 g/mol. The van der Waals surface area contributed by atoms with Gasteiger partial charge in [-0.3, -0.25) is 14.9 Å². The summed E-state index contributed by atoms with van der Waals surface area (Å²) in [6, 6.07) is 6.12. The number of thiazole rings is 1. The zero-order valence-corrected chi connectivity index (χ0v) is 19.2. The van der Waals surface area contributed by atoms with Crippen LogP contribution in [0.3, 0.4) is 0 Å². The van der Waals surface area contributed by atoms with Gasteiger partial charge in [0.05, 0.1) is 35.0 Å². The van der Waals surface area contributed by atoms with E-state index in [-0.39, 0.29) is 37.8 Å². The largest absolute Gasteiger partial charge is 0.481 e. The summed E-state index contributed by atoms with van der Waals surface area (Å²) in [5.74, 6) is -1.61. The lowest BCUT2D eigenvalue weighted by Crippen LogP contribution is -2.28. The highest BCUT2D eigenvalue weighted by Crippen LogP contribution is 2.35. The predicted octanol–water partition coefficient (Wildman–Crippen LogP) is 2.85. The highest BCUT2D eigenvalue weighted by atomic mass is 35.5.